The smallest absolute Gasteiger partial charge is 0.200 e. The summed E-state index contributed by atoms with van der Waals surface area (Å²) >= 11 is 0. The van der Waals surface area contributed by atoms with Gasteiger partial charge >= 0.3 is 0 Å². The van der Waals surface area contributed by atoms with Gasteiger partial charge in [-0.1, -0.05) is 12.2 Å². The molecule has 18 heavy (non-hydrogen) atoms. The normalized spacial score (nSPS) is 28.7. The molecular weight excluding hydrogens is 228 g/mol. The van der Waals surface area contributed by atoms with Crippen LogP contribution in [0.25, 0.3) is 0 Å². The molecule has 2 aliphatic rings. The average Bonchev–Trinajstić information content (AvgIpc) is 3.01. The lowest BCUT2D eigenvalue weighted by atomic mass is 9.86. The molecule has 1 N–H and O–H groups in total. The molecule has 1 fully saturated rings. The lowest BCUT2D eigenvalue weighted by molar-refractivity contribution is 0.338. The molecule has 0 aliphatic heterocycles. The van der Waals surface area contributed by atoms with Gasteiger partial charge in [-0.25, -0.2) is 0 Å². The first-order chi connectivity index (χ1) is 8.72. The fourth-order valence-corrected chi connectivity index (χ4v) is 3.29. The monoisotopic (exact) mass is 246 g/mol. The van der Waals surface area contributed by atoms with Gasteiger partial charge in [0.15, 0.2) is 11.5 Å². The Hall–Kier alpha value is -1.64. The minimum atomic E-state index is 0.0856. The van der Waals surface area contributed by atoms with Crippen molar-refractivity contribution in [1.82, 2.24) is 0 Å². The molecule has 3 atom stereocenters. The highest BCUT2D eigenvalue weighted by atomic mass is 16.5. The number of methoxy groups -OCH3 is 2. The molecule has 3 unspecified atom stereocenters. The van der Waals surface area contributed by atoms with E-state index < -0.39 is 0 Å². The van der Waals surface area contributed by atoms with Crippen LogP contribution in [0.3, 0.4) is 0 Å². The summed E-state index contributed by atoms with van der Waals surface area (Å²) in [6, 6.07) is 3.88. The van der Waals surface area contributed by atoms with Crippen molar-refractivity contribution in [2.45, 2.75) is 18.8 Å². The quantitative estimate of drug-likeness (QED) is 0.833. The molecule has 3 heteroatoms. The van der Waals surface area contributed by atoms with Gasteiger partial charge in [-0.05, 0) is 48.3 Å². The fraction of sp³-hybridized carbons (Fsp3) is 0.467. The number of rotatable bonds is 3. The van der Waals surface area contributed by atoms with E-state index in [9.17, 15) is 5.11 Å². The summed E-state index contributed by atoms with van der Waals surface area (Å²) in [6.45, 7) is 0. The summed E-state index contributed by atoms with van der Waals surface area (Å²) in [7, 11) is 3.14. The van der Waals surface area contributed by atoms with Gasteiger partial charge < -0.3 is 14.6 Å². The van der Waals surface area contributed by atoms with Gasteiger partial charge in [0.1, 0.15) is 0 Å². The Balaban J connectivity index is 1.99. The molecule has 0 saturated heterocycles. The molecule has 1 aromatic carbocycles. The van der Waals surface area contributed by atoms with E-state index in [1.807, 2.05) is 12.1 Å². The van der Waals surface area contributed by atoms with Gasteiger partial charge in [-0.15, -0.1) is 0 Å². The Bertz CT molecular complexity index is 468. The number of allylic oxidation sites excluding steroid dienone is 2. The van der Waals surface area contributed by atoms with Gasteiger partial charge in [0, 0.05) is 0 Å². The highest BCUT2D eigenvalue weighted by Crippen LogP contribution is 2.51. The lowest BCUT2D eigenvalue weighted by Crippen LogP contribution is -2.05. The van der Waals surface area contributed by atoms with Crippen LogP contribution in [0.15, 0.2) is 24.3 Å². The van der Waals surface area contributed by atoms with E-state index >= 15 is 0 Å². The maximum absolute atomic E-state index is 9.92. The molecule has 3 rings (SSSR count). The lowest BCUT2D eigenvalue weighted by Gasteiger charge is -2.20. The molecule has 0 heterocycles. The van der Waals surface area contributed by atoms with E-state index in [1.54, 1.807) is 14.2 Å². The number of aromatic hydroxyl groups is 1. The first-order valence-corrected chi connectivity index (χ1v) is 6.36. The highest BCUT2D eigenvalue weighted by Gasteiger charge is 2.37. The largest absolute Gasteiger partial charge is 0.502 e. The van der Waals surface area contributed by atoms with E-state index in [2.05, 4.69) is 12.2 Å². The van der Waals surface area contributed by atoms with Gasteiger partial charge in [0.05, 0.1) is 14.2 Å². The zero-order chi connectivity index (χ0) is 12.7. The summed E-state index contributed by atoms with van der Waals surface area (Å²) in [5.41, 5.74) is 1.21. The Morgan fingerprint density at radius 2 is 1.72 bits per heavy atom. The second kappa shape index (κ2) is 4.23. The summed E-state index contributed by atoms with van der Waals surface area (Å²) in [4.78, 5) is 0. The summed E-state index contributed by atoms with van der Waals surface area (Å²) in [5.74, 6) is 2.97. The van der Waals surface area contributed by atoms with E-state index in [0.29, 0.717) is 23.3 Å². The van der Waals surface area contributed by atoms with Gasteiger partial charge in [0.25, 0.3) is 0 Å². The number of fused-ring (bicyclic) bond motifs is 2. The summed E-state index contributed by atoms with van der Waals surface area (Å²) < 4.78 is 10.4. The topological polar surface area (TPSA) is 38.7 Å². The third-order valence-corrected chi connectivity index (χ3v) is 4.21. The maximum atomic E-state index is 9.92. The van der Waals surface area contributed by atoms with Crippen molar-refractivity contribution in [2.75, 3.05) is 14.2 Å². The molecule has 2 bridgehead atoms. The number of benzene rings is 1. The van der Waals surface area contributed by atoms with Crippen molar-refractivity contribution in [1.29, 1.82) is 0 Å². The van der Waals surface area contributed by atoms with Crippen LogP contribution >= 0.6 is 0 Å². The van der Waals surface area contributed by atoms with Crippen LogP contribution in [0, 0.1) is 11.8 Å². The van der Waals surface area contributed by atoms with Gasteiger partial charge in [0.2, 0.25) is 5.75 Å². The fourth-order valence-electron chi connectivity index (χ4n) is 3.29. The second-order valence-electron chi connectivity index (χ2n) is 5.16. The summed E-state index contributed by atoms with van der Waals surface area (Å²) in [5, 5.41) is 9.92. The SMILES string of the molecule is COc1cc(C2CC3C=CC2C3)cc(OC)c1O. The van der Waals surface area contributed by atoms with E-state index in [-0.39, 0.29) is 5.75 Å². The molecule has 0 spiro atoms. The molecule has 2 aliphatic carbocycles. The van der Waals surface area contributed by atoms with Crippen molar-refractivity contribution >= 4 is 0 Å². The molecule has 96 valence electrons. The van der Waals surface area contributed by atoms with E-state index in [0.717, 1.165) is 5.92 Å². The van der Waals surface area contributed by atoms with Crippen molar-refractivity contribution in [3.8, 4) is 17.2 Å². The predicted molar refractivity (Wildman–Crippen MR) is 69.3 cm³/mol. The number of hydrogen-bond acceptors (Lipinski definition) is 3. The zero-order valence-electron chi connectivity index (χ0n) is 10.7. The number of ether oxygens (including phenoxy) is 2. The molecule has 0 radical (unpaired) electrons. The molecule has 1 aromatic rings. The Morgan fingerprint density at radius 3 is 2.17 bits per heavy atom. The van der Waals surface area contributed by atoms with Gasteiger partial charge in [-0.2, -0.15) is 0 Å². The predicted octanol–water partition coefficient (Wildman–Crippen LogP) is 3.09. The van der Waals surface area contributed by atoms with Crippen molar-refractivity contribution in [3.05, 3.63) is 29.8 Å². The van der Waals surface area contributed by atoms with Crippen LogP contribution in [0.5, 0.6) is 17.2 Å². The molecular formula is C15H18O3. The van der Waals surface area contributed by atoms with Crippen LogP contribution in [0.2, 0.25) is 0 Å². The van der Waals surface area contributed by atoms with Crippen LogP contribution < -0.4 is 9.47 Å². The van der Waals surface area contributed by atoms with Crippen LogP contribution in [0.1, 0.15) is 24.3 Å². The molecule has 3 nitrogen and oxygen atoms in total. The second-order valence-corrected chi connectivity index (χ2v) is 5.16. The Kier molecular flexibility index (Phi) is 2.69. The number of hydrogen-bond donors (Lipinski definition) is 1. The van der Waals surface area contributed by atoms with E-state index in [4.69, 9.17) is 9.47 Å². The van der Waals surface area contributed by atoms with Crippen LogP contribution in [0.4, 0.5) is 0 Å². The number of phenolic OH excluding ortho intramolecular Hbond substituents is 1. The minimum absolute atomic E-state index is 0.0856. The van der Waals surface area contributed by atoms with Crippen LogP contribution in [-0.4, -0.2) is 19.3 Å². The average molecular weight is 246 g/mol. The Labute approximate surface area is 107 Å². The van der Waals surface area contributed by atoms with Crippen molar-refractivity contribution in [3.63, 3.8) is 0 Å². The standard InChI is InChI=1S/C15H18O3/c1-17-13-7-11(8-14(18-2)15(13)16)12-6-9-3-4-10(12)5-9/h3-4,7-10,12,16H,5-6H2,1-2H3. The first-order valence-electron chi connectivity index (χ1n) is 6.36. The molecule has 0 aromatic heterocycles. The van der Waals surface area contributed by atoms with E-state index in [1.165, 1.54) is 18.4 Å². The molecule has 1 saturated carbocycles. The third kappa shape index (κ3) is 1.65. The maximum Gasteiger partial charge on any atom is 0.200 e. The minimum Gasteiger partial charge on any atom is -0.502 e. The summed E-state index contributed by atoms with van der Waals surface area (Å²) in [6.07, 6.45) is 7.11. The van der Waals surface area contributed by atoms with Gasteiger partial charge in [-0.3, -0.25) is 0 Å². The number of phenols is 1. The third-order valence-electron chi connectivity index (χ3n) is 4.21. The zero-order valence-corrected chi connectivity index (χ0v) is 10.7. The van der Waals surface area contributed by atoms with Crippen molar-refractivity contribution < 1.29 is 14.6 Å². The van der Waals surface area contributed by atoms with Crippen molar-refractivity contribution in [2.24, 2.45) is 11.8 Å². The Morgan fingerprint density at radius 1 is 1.06 bits per heavy atom. The van der Waals surface area contributed by atoms with Crippen LogP contribution in [-0.2, 0) is 0 Å². The first kappa shape index (κ1) is 11.5. The molecule has 0 amide bonds. The highest BCUT2D eigenvalue weighted by molar-refractivity contribution is 5.54.